The van der Waals surface area contributed by atoms with Gasteiger partial charge in [-0.15, -0.1) is 11.3 Å². The second-order valence-corrected chi connectivity index (χ2v) is 12.0. The van der Waals surface area contributed by atoms with Gasteiger partial charge in [0.25, 0.3) is 5.91 Å². The number of amides is 3. The molecule has 3 amide bonds. The van der Waals surface area contributed by atoms with Crippen molar-refractivity contribution in [2.45, 2.75) is 37.8 Å². The molecule has 4 heterocycles. The highest BCUT2D eigenvalue weighted by Crippen LogP contribution is 2.23. The van der Waals surface area contributed by atoms with Crippen molar-refractivity contribution in [3.8, 4) is 0 Å². The molecule has 198 valence electrons. The predicted molar refractivity (Wildman–Crippen MR) is 141 cm³/mol. The van der Waals surface area contributed by atoms with Crippen LogP contribution in [0.5, 0.6) is 0 Å². The first-order chi connectivity index (χ1) is 17.7. The first kappa shape index (κ1) is 27.0. The van der Waals surface area contributed by atoms with Gasteiger partial charge in [-0.2, -0.15) is 4.72 Å². The Balaban J connectivity index is 1.32. The maximum absolute atomic E-state index is 13.1. The van der Waals surface area contributed by atoms with Gasteiger partial charge in [0.15, 0.2) is 0 Å². The average Bonchev–Trinajstić information content (AvgIpc) is 3.54. The molecule has 2 aliphatic rings. The molecule has 2 aromatic heterocycles. The molecule has 14 heteroatoms. The molecule has 0 radical (unpaired) electrons. The summed E-state index contributed by atoms with van der Waals surface area (Å²) < 4.78 is 28.0. The summed E-state index contributed by atoms with van der Waals surface area (Å²) in [6.45, 7) is 0.506. The summed E-state index contributed by atoms with van der Waals surface area (Å²) in [4.78, 5) is 46.3. The normalized spacial score (nSPS) is 20.4. The Morgan fingerprint density at radius 3 is 2.70 bits per heavy atom. The number of sulfonamides is 1. The minimum Gasteiger partial charge on any atom is -0.332 e. The van der Waals surface area contributed by atoms with Crippen molar-refractivity contribution in [3.63, 3.8) is 0 Å². The predicted octanol–water partition coefficient (Wildman–Crippen LogP) is 1.81. The number of likely N-dealkylation sites (tertiary alicyclic amines) is 2. The van der Waals surface area contributed by atoms with Gasteiger partial charge in [0.2, 0.25) is 21.8 Å². The average molecular weight is 567 g/mol. The zero-order chi connectivity index (χ0) is 26.4. The molecule has 37 heavy (non-hydrogen) atoms. The monoisotopic (exact) mass is 566 g/mol. The van der Waals surface area contributed by atoms with Crippen molar-refractivity contribution in [3.05, 3.63) is 51.2 Å². The highest BCUT2D eigenvalue weighted by molar-refractivity contribution is 7.92. The number of aromatic nitrogens is 1. The summed E-state index contributed by atoms with van der Waals surface area (Å²) in [5.74, 6) is -0.728. The molecule has 2 fully saturated rings. The zero-order valence-electron chi connectivity index (χ0n) is 19.8. The minimum atomic E-state index is -3.89. The van der Waals surface area contributed by atoms with E-state index in [1.54, 1.807) is 36.5 Å². The van der Waals surface area contributed by atoms with Crippen molar-refractivity contribution in [2.24, 2.45) is 0 Å². The summed E-state index contributed by atoms with van der Waals surface area (Å²) in [6, 6.07) is 6.93. The van der Waals surface area contributed by atoms with Crippen molar-refractivity contribution in [1.29, 1.82) is 0 Å². The molecule has 0 bridgehead atoms. The third kappa shape index (κ3) is 7.28. The van der Waals surface area contributed by atoms with Crippen LogP contribution in [-0.4, -0.2) is 72.6 Å². The number of piperidine rings is 1. The van der Waals surface area contributed by atoms with Crippen molar-refractivity contribution < 1.29 is 22.8 Å². The second-order valence-electron chi connectivity index (χ2n) is 8.64. The summed E-state index contributed by atoms with van der Waals surface area (Å²) in [5.41, 5.74) is 5.31. The van der Waals surface area contributed by atoms with Crippen LogP contribution < -0.4 is 15.6 Å². The van der Waals surface area contributed by atoms with Crippen LogP contribution in [0.4, 0.5) is 5.82 Å². The summed E-state index contributed by atoms with van der Waals surface area (Å²) in [7, 11) is -3.89. The van der Waals surface area contributed by atoms with Gasteiger partial charge in [-0.05, 0) is 56.0 Å². The lowest BCUT2D eigenvalue weighted by Crippen LogP contribution is -2.55. The molecular weight excluding hydrogens is 540 g/mol. The molecule has 0 unspecified atom stereocenters. The third-order valence-corrected chi connectivity index (χ3v) is 8.33. The molecule has 2 aliphatic heterocycles. The van der Waals surface area contributed by atoms with Gasteiger partial charge in [-0.3, -0.25) is 25.2 Å². The van der Waals surface area contributed by atoms with Gasteiger partial charge in [0, 0.05) is 29.6 Å². The van der Waals surface area contributed by atoms with E-state index in [1.807, 2.05) is 0 Å². The standard InChI is InChI=1S/C23H27ClN6O5S2/c24-19-9-8-16(36-19)10-14-37(34,35)28-17-5-3-12-29(23(17)33)15-21(31)30-13-4-6-18(30)22(32)27-26-20-7-1-2-11-25-20/h1-2,7-11,14,17-18,28H,3-6,12-13,15H2,(H,25,26)(H,27,32)/t17-,18-/m0/s1. The Bertz CT molecular complexity index is 1270. The summed E-state index contributed by atoms with van der Waals surface area (Å²) in [6.07, 6.45) is 5.02. The van der Waals surface area contributed by atoms with E-state index in [2.05, 4.69) is 20.6 Å². The van der Waals surface area contributed by atoms with E-state index in [1.165, 1.54) is 27.2 Å². The van der Waals surface area contributed by atoms with Crippen molar-refractivity contribution in [1.82, 2.24) is 24.9 Å². The summed E-state index contributed by atoms with van der Waals surface area (Å²) in [5, 5.41) is 0.999. The molecule has 0 spiro atoms. The number of thiophene rings is 1. The van der Waals surface area contributed by atoms with Crippen LogP contribution in [0.3, 0.4) is 0 Å². The van der Waals surface area contributed by atoms with Gasteiger partial charge >= 0.3 is 0 Å². The highest BCUT2D eigenvalue weighted by atomic mass is 35.5. The fourth-order valence-electron chi connectivity index (χ4n) is 4.26. The molecule has 0 aromatic carbocycles. The van der Waals surface area contributed by atoms with E-state index in [0.717, 1.165) is 5.41 Å². The number of nitrogens with zero attached hydrogens (tertiary/aromatic N) is 3. The van der Waals surface area contributed by atoms with Gasteiger partial charge in [-0.1, -0.05) is 17.7 Å². The largest absolute Gasteiger partial charge is 0.332 e. The number of carbonyl (C=O) groups is 3. The van der Waals surface area contributed by atoms with Crippen LogP contribution in [0.1, 0.15) is 30.6 Å². The maximum atomic E-state index is 13.1. The molecule has 0 saturated carbocycles. The van der Waals surface area contributed by atoms with Crippen molar-refractivity contribution >= 4 is 62.6 Å². The molecule has 0 aliphatic carbocycles. The van der Waals surface area contributed by atoms with Crippen LogP contribution >= 0.6 is 22.9 Å². The lowest BCUT2D eigenvalue weighted by atomic mass is 10.1. The van der Waals surface area contributed by atoms with E-state index >= 15 is 0 Å². The topological polar surface area (TPSA) is 141 Å². The Morgan fingerprint density at radius 2 is 1.97 bits per heavy atom. The van der Waals surface area contributed by atoms with Gasteiger partial charge in [0.1, 0.15) is 17.9 Å². The number of hydrogen-bond acceptors (Lipinski definition) is 8. The molecular formula is C23H27ClN6O5S2. The first-order valence-electron chi connectivity index (χ1n) is 11.7. The molecule has 2 aromatic rings. The Labute approximate surface area is 223 Å². The van der Waals surface area contributed by atoms with Crippen molar-refractivity contribution in [2.75, 3.05) is 25.1 Å². The van der Waals surface area contributed by atoms with Crippen LogP contribution in [0.15, 0.2) is 41.9 Å². The van der Waals surface area contributed by atoms with Crippen LogP contribution in [0.2, 0.25) is 4.34 Å². The van der Waals surface area contributed by atoms with Crippen LogP contribution in [0, 0.1) is 0 Å². The molecule has 2 saturated heterocycles. The smallest absolute Gasteiger partial charge is 0.261 e. The first-order valence-corrected chi connectivity index (χ1v) is 14.5. The molecule has 2 atom stereocenters. The Kier molecular flexibility index (Phi) is 8.79. The maximum Gasteiger partial charge on any atom is 0.261 e. The number of pyridine rings is 1. The molecule has 3 N–H and O–H groups in total. The van der Waals surface area contributed by atoms with Crippen LogP contribution in [0.25, 0.3) is 6.08 Å². The number of halogens is 1. The lowest BCUT2D eigenvalue weighted by molar-refractivity contribution is -0.145. The van der Waals surface area contributed by atoms with Gasteiger partial charge in [0.05, 0.1) is 10.9 Å². The van der Waals surface area contributed by atoms with E-state index in [9.17, 15) is 22.8 Å². The Hall–Kier alpha value is -3.00. The molecule has 11 nitrogen and oxygen atoms in total. The summed E-state index contributed by atoms with van der Waals surface area (Å²) >= 11 is 7.10. The number of rotatable bonds is 9. The fraction of sp³-hybridized carbons (Fsp3) is 0.391. The number of hydrazine groups is 1. The second kappa shape index (κ2) is 12.0. The van der Waals surface area contributed by atoms with E-state index < -0.39 is 28.0 Å². The number of hydrogen-bond donors (Lipinski definition) is 3. The third-order valence-electron chi connectivity index (χ3n) is 6.02. The van der Waals surface area contributed by atoms with E-state index in [0.29, 0.717) is 53.8 Å². The number of nitrogens with one attached hydrogen (secondary N) is 3. The van der Waals surface area contributed by atoms with Gasteiger partial charge in [-0.25, -0.2) is 13.4 Å². The van der Waals surface area contributed by atoms with Crippen LogP contribution in [-0.2, 0) is 24.4 Å². The van der Waals surface area contributed by atoms with Gasteiger partial charge < -0.3 is 9.80 Å². The lowest BCUT2D eigenvalue weighted by Gasteiger charge is -2.33. The van der Waals surface area contributed by atoms with E-state index in [-0.39, 0.29) is 18.4 Å². The minimum absolute atomic E-state index is 0.224. The highest BCUT2D eigenvalue weighted by Gasteiger charge is 2.37. The fourth-order valence-corrected chi connectivity index (χ4v) is 6.33. The SMILES string of the molecule is O=C(NNc1ccccn1)[C@@H]1CCCN1C(=O)CN1CCC[C@H](NS(=O)(=O)C=Cc2ccc(Cl)s2)C1=O. The molecule has 4 rings (SSSR count). The van der Waals surface area contributed by atoms with E-state index in [4.69, 9.17) is 11.6 Å². The zero-order valence-corrected chi connectivity index (χ0v) is 22.2. The quantitative estimate of drug-likeness (QED) is 0.393. The number of carbonyl (C=O) groups excluding carboxylic acids is 3. The Morgan fingerprint density at radius 1 is 1.16 bits per heavy atom. The number of anilines is 1.